The van der Waals surface area contributed by atoms with Gasteiger partial charge in [0.1, 0.15) is 23.9 Å². The largest absolute Gasteiger partial charge is 0.489 e. The first kappa shape index (κ1) is 17.3. The van der Waals surface area contributed by atoms with Crippen LogP contribution in [0.25, 0.3) is 0 Å². The highest BCUT2D eigenvalue weighted by molar-refractivity contribution is 5.90. The number of carbonyl (C=O) groups is 2. The SMILES string of the molecule is COC(=O)c1cc(OCC(=O)O)cc(OCc2ccccc2F)c1. The van der Waals surface area contributed by atoms with E-state index in [2.05, 4.69) is 4.74 Å². The zero-order chi connectivity index (χ0) is 17.5. The lowest BCUT2D eigenvalue weighted by atomic mass is 10.2. The Balaban J connectivity index is 2.20. The second-order valence-electron chi connectivity index (χ2n) is 4.75. The van der Waals surface area contributed by atoms with Crippen LogP contribution in [0, 0.1) is 5.82 Å². The molecule has 0 heterocycles. The Hall–Kier alpha value is -3.09. The normalized spacial score (nSPS) is 10.1. The quantitative estimate of drug-likeness (QED) is 0.784. The van der Waals surface area contributed by atoms with Crippen LogP contribution in [0.5, 0.6) is 11.5 Å². The third-order valence-electron chi connectivity index (χ3n) is 3.02. The number of carboxylic acids is 1. The van der Waals surface area contributed by atoms with Crippen LogP contribution in [0.3, 0.4) is 0 Å². The van der Waals surface area contributed by atoms with Gasteiger partial charge < -0.3 is 19.3 Å². The fourth-order valence-electron chi connectivity index (χ4n) is 1.90. The maximum atomic E-state index is 13.6. The number of halogens is 1. The number of hydrogen-bond donors (Lipinski definition) is 1. The van der Waals surface area contributed by atoms with E-state index in [0.717, 1.165) is 0 Å². The first-order valence-corrected chi connectivity index (χ1v) is 6.94. The van der Waals surface area contributed by atoms with Crippen molar-refractivity contribution in [1.29, 1.82) is 0 Å². The van der Waals surface area contributed by atoms with Crippen LogP contribution in [0.2, 0.25) is 0 Å². The van der Waals surface area contributed by atoms with E-state index in [0.29, 0.717) is 5.56 Å². The molecule has 0 saturated heterocycles. The van der Waals surface area contributed by atoms with Gasteiger partial charge in [0.2, 0.25) is 0 Å². The maximum absolute atomic E-state index is 13.6. The van der Waals surface area contributed by atoms with Crippen LogP contribution in [0.4, 0.5) is 4.39 Å². The molecule has 0 fully saturated rings. The topological polar surface area (TPSA) is 82.1 Å². The fraction of sp³-hybridized carbons (Fsp3) is 0.176. The number of esters is 1. The van der Waals surface area contributed by atoms with Gasteiger partial charge in [0, 0.05) is 11.6 Å². The maximum Gasteiger partial charge on any atom is 0.341 e. The Morgan fingerprint density at radius 3 is 2.38 bits per heavy atom. The van der Waals surface area contributed by atoms with Gasteiger partial charge in [-0.3, -0.25) is 0 Å². The molecule has 7 heteroatoms. The van der Waals surface area contributed by atoms with Gasteiger partial charge >= 0.3 is 11.9 Å². The minimum Gasteiger partial charge on any atom is -0.489 e. The summed E-state index contributed by atoms with van der Waals surface area (Å²) in [5.41, 5.74) is 0.470. The molecular weight excluding hydrogens is 319 g/mol. The van der Waals surface area contributed by atoms with Crippen LogP contribution >= 0.6 is 0 Å². The van der Waals surface area contributed by atoms with E-state index in [-0.39, 0.29) is 23.7 Å². The molecule has 0 spiro atoms. The second-order valence-corrected chi connectivity index (χ2v) is 4.75. The number of carbonyl (C=O) groups excluding carboxylic acids is 1. The molecule has 0 unspecified atom stereocenters. The monoisotopic (exact) mass is 334 g/mol. The predicted molar refractivity (Wildman–Crippen MR) is 81.6 cm³/mol. The van der Waals surface area contributed by atoms with Gasteiger partial charge in [0.15, 0.2) is 6.61 Å². The number of aliphatic carboxylic acids is 1. The summed E-state index contributed by atoms with van der Waals surface area (Å²) in [4.78, 5) is 22.3. The molecule has 2 rings (SSSR count). The van der Waals surface area contributed by atoms with Gasteiger partial charge in [-0.1, -0.05) is 18.2 Å². The summed E-state index contributed by atoms with van der Waals surface area (Å²) in [6.07, 6.45) is 0. The van der Waals surface area contributed by atoms with Crippen molar-refractivity contribution in [2.24, 2.45) is 0 Å². The number of benzene rings is 2. The lowest BCUT2D eigenvalue weighted by molar-refractivity contribution is -0.139. The van der Waals surface area contributed by atoms with E-state index in [1.165, 1.54) is 31.4 Å². The molecule has 24 heavy (non-hydrogen) atoms. The molecule has 0 aromatic heterocycles. The molecule has 6 nitrogen and oxygen atoms in total. The van der Waals surface area contributed by atoms with Crippen molar-refractivity contribution < 1.29 is 33.3 Å². The first-order chi connectivity index (χ1) is 11.5. The predicted octanol–water partition coefficient (Wildman–Crippen LogP) is 2.65. The van der Waals surface area contributed by atoms with E-state index in [9.17, 15) is 14.0 Å². The van der Waals surface area contributed by atoms with E-state index in [1.54, 1.807) is 18.2 Å². The third-order valence-corrected chi connectivity index (χ3v) is 3.02. The number of methoxy groups -OCH3 is 1. The second kappa shape index (κ2) is 7.96. The molecule has 126 valence electrons. The average Bonchev–Trinajstić information content (AvgIpc) is 2.58. The summed E-state index contributed by atoms with van der Waals surface area (Å²) < 4.78 is 28.8. The summed E-state index contributed by atoms with van der Waals surface area (Å²) in [6, 6.07) is 10.3. The molecule has 0 bridgehead atoms. The van der Waals surface area contributed by atoms with Crippen LogP contribution < -0.4 is 9.47 Å². The number of hydrogen-bond acceptors (Lipinski definition) is 5. The standard InChI is InChI=1S/C17H15FO6/c1-22-17(21)12-6-13(8-14(7-12)24-10-16(19)20)23-9-11-4-2-3-5-15(11)18/h2-8H,9-10H2,1H3,(H,19,20). The zero-order valence-electron chi connectivity index (χ0n) is 12.8. The van der Waals surface area contributed by atoms with Crippen molar-refractivity contribution in [3.63, 3.8) is 0 Å². The summed E-state index contributed by atoms with van der Waals surface area (Å²) >= 11 is 0. The molecule has 1 N–H and O–H groups in total. The molecule has 2 aromatic rings. The highest BCUT2D eigenvalue weighted by Crippen LogP contribution is 2.25. The molecule has 0 saturated carbocycles. The molecule has 0 amide bonds. The van der Waals surface area contributed by atoms with E-state index in [4.69, 9.17) is 14.6 Å². The van der Waals surface area contributed by atoms with Crippen molar-refractivity contribution in [3.8, 4) is 11.5 Å². The highest BCUT2D eigenvalue weighted by Gasteiger charge is 2.12. The van der Waals surface area contributed by atoms with Gasteiger partial charge in [-0.25, -0.2) is 14.0 Å². The number of carboxylic acid groups (broad SMARTS) is 1. The molecular formula is C17H15FO6. The first-order valence-electron chi connectivity index (χ1n) is 6.94. The van der Waals surface area contributed by atoms with Crippen molar-refractivity contribution in [3.05, 3.63) is 59.4 Å². The minimum atomic E-state index is -1.16. The number of rotatable bonds is 7. The molecule has 0 aliphatic rings. The molecule has 0 aliphatic carbocycles. The van der Waals surface area contributed by atoms with Crippen LogP contribution in [-0.2, 0) is 16.1 Å². The zero-order valence-corrected chi connectivity index (χ0v) is 12.8. The summed E-state index contributed by atoms with van der Waals surface area (Å²) in [5.74, 6) is -1.85. The number of ether oxygens (including phenoxy) is 3. The third kappa shape index (κ3) is 4.70. The van der Waals surface area contributed by atoms with Crippen LogP contribution in [0.15, 0.2) is 42.5 Å². The Morgan fingerprint density at radius 1 is 1.08 bits per heavy atom. The van der Waals surface area contributed by atoms with Crippen molar-refractivity contribution in [2.45, 2.75) is 6.61 Å². The Morgan fingerprint density at radius 2 is 1.75 bits per heavy atom. The summed E-state index contributed by atoms with van der Waals surface area (Å²) in [7, 11) is 1.22. The molecule has 0 radical (unpaired) electrons. The van der Waals surface area contributed by atoms with E-state index >= 15 is 0 Å². The van der Waals surface area contributed by atoms with Gasteiger partial charge in [0.25, 0.3) is 0 Å². The van der Waals surface area contributed by atoms with Gasteiger partial charge in [-0.05, 0) is 18.2 Å². The highest BCUT2D eigenvalue weighted by atomic mass is 19.1. The van der Waals surface area contributed by atoms with Gasteiger partial charge in [0.05, 0.1) is 12.7 Å². The smallest absolute Gasteiger partial charge is 0.341 e. The van der Waals surface area contributed by atoms with Crippen LogP contribution in [-0.4, -0.2) is 30.8 Å². The van der Waals surface area contributed by atoms with Crippen molar-refractivity contribution >= 4 is 11.9 Å². The van der Waals surface area contributed by atoms with Crippen molar-refractivity contribution in [1.82, 2.24) is 0 Å². The fourth-order valence-corrected chi connectivity index (χ4v) is 1.90. The Bertz CT molecular complexity index is 744. The Labute approximate surface area is 137 Å². The Kier molecular flexibility index (Phi) is 5.73. The summed E-state index contributed by atoms with van der Waals surface area (Å²) in [6.45, 7) is -0.632. The molecule has 0 aliphatic heterocycles. The summed E-state index contributed by atoms with van der Waals surface area (Å²) in [5, 5.41) is 8.66. The minimum absolute atomic E-state index is 0.0599. The lowest BCUT2D eigenvalue weighted by Gasteiger charge is -2.11. The van der Waals surface area contributed by atoms with Crippen LogP contribution in [0.1, 0.15) is 15.9 Å². The van der Waals surface area contributed by atoms with Gasteiger partial charge in [-0.2, -0.15) is 0 Å². The molecule has 0 atom stereocenters. The average molecular weight is 334 g/mol. The van der Waals surface area contributed by atoms with Gasteiger partial charge in [-0.15, -0.1) is 0 Å². The van der Waals surface area contributed by atoms with E-state index in [1.807, 2.05) is 0 Å². The van der Waals surface area contributed by atoms with Crippen molar-refractivity contribution in [2.75, 3.05) is 13.7 Å². The lowest BCUT2D eigenvalue weighted by Crippen LogP contribution is -2.10. The van der Waals surface area contributed by atoms with E-state index < -0.39 is 24.4 Å². The molecule has 2 aromatic carbocycles.